The van der Waals surface area contributed by atoms with Crippen LogP contribution in [-0.2, 0) is 6.42 Å². The summed E-state index contributed by atoms with van der Waals surface area (Å²) in [7, 11) is 1.82. The van der Waals surface area contributed by atoms with E-state index in [2.05, 4.69) is 75.7 Å². The van der Waals surface area contributed by atoms with Crippen molar-refractivity contribution < 1.29 is 0 Å². The van der Waals surface area contributed by atoms with E-state index >= 15 is 0 Å². The Morgan fingerprint density at radius 2 is 2.12 bits per heavy atom. The molecule has 4 nitrogen and oxygen atoms in total. The number of nitrogens with one attached hydrogen (secondary N) is 3. The molecule has 0 aliphatic heterocycles. The molecule has 1 unspecified atom stereocenters. The van der Waals surface area contributed by atoms with Crippen LogP contribution in [0, 0.1) is 6.92 Å². The maximum atomic E-state index is 4.33. The second-order valence-electron chi connectivity index (χ2n) is 6.40. The third-order valence-corrected chi connectivity index (χ3v) is 5.31. The monoisotopic (exact) mass is 482 g/mol. The van der Waals surface area contributed by atoms with Gasteiger partial charge in [-0.05, 0) is 52.8 Å². The van der Waals surface area contributed by atoms with Crippen LogP contribution in [0.25, 0.3) is 10.9 Å². The van der Waals surface area contributed by atoms with Gasteiger partial charge >= 0.3 is 0 Å². The van der Waals surface area contributed by atoms with Gasteiger partial charge in [0.25, 0.3) is 0 Å². The van der Waals surface area contributed by atoms with E-state index in [4.69, 9.17) is 0 Å². The Kier molecular flexibility index (Phi) is 7.96. The van der Waals surface area contributed by atoms with Crippen LogP contribution in [-0.4, -0.2) is 31.1 Å². The SMILES string of the molecule is CN=C(NCCc1c[nH]c2c(C)cccc12)NCC(C)c1ccsc1.I. The number of aryl methyl sites for hydroxylation is 1. The molecule has 0 radical (unpaired) electrons. The van der Waals surface area contributed by atoms with Crippen LogP contribution in [0.1, 0.15) is 29.5 Å². The molecule has 2 aromatic heterocycles. The highest BCUT2D eigenvalue weighted by molar-refractivity contribution is 14.0. The lowest BCUT2D eigenvalue weighted by Crippen LogP contribution is -2.39. The molecule has 0 saturated heterocycles. The fourth-order valence-corrected chi connectivity index (χ4v) is 3.81. The number of hydrogen-bond donors (Lipinski definition) is 3. The number of aliphatic imine (C=N–C) groups is 1. The van der Waals surface area contributed by atoms with Gasteiger partial charge in [-0.2, -0.15) is 11.3 Å². The van der Waals surface area contributed by atoms with Gasteiger partial charge < -0.3 is 15.6 Å². The number of nitrogens with zero attached hydrogens (tertiary/aromatic N) is 1. The number of rotatable bonds is 6. The van der Waals surface area contributed by atoms with Gasteiger partial charge in [-0.25, -0.2) is 0 Å². The minimum atomic E-state index is 0. The number of aromatic nitrogens is 1. The molecule has 140 valence electrons. The normalized spacial score (nSPS) is 12.7. The molecule has 0 aliphatic carbocycles. The van der Waals surface area contributed by atoms with E-state index in [1.807, 2.05) is 7.05 Å². The number of guanidine groups is 1. The number of para-hydroxylation sites is 1. The van der Waals surface area contributed by atoms with Gasteiger partial charge in [0.2, 0.25) is 0 Å². The summed E-state index contributed by atoms with van der Waals surface area (Å²) in [5.74, 6) is 1.33. The summed E-state index contributed by atoms with van der Waals surface area (Å²) in [4.78, 5) is 7.72. The molecule has 0 saturated carbocycles. The van der Waals surface area contributed by atoms with E-state index < -0.39 is 0 Å². The van der Waals surface area contributed by atoms with Gasteiger partial charge in [-0.1, -0.05) is 25.1 Å². The van der Waals surface area contributed by atoms with Crippen molar-refractivity contribution >= 4 is 52.2 Å². The number of aromatic amines is 1. The summed E-state index contributed by atoms with van der Waals surface area (Å²) >= 11 is 1.75. The van der Waals surface area contributed by atoms with Crippen LogP contribution in [0.4, 0.5) is 0 Å². The lowest BCUT2D eigenvalue weighted by molar-refractivity contribution is 0.700. The van der Waals surface area contributed by atoms with Gasteiger partial charge in [-0.15, -0.1) is 24.0 Å². The molecule has 0 aliphatic rings. The zero-order chi connectivity index (χ0) is 17.6. The predicted octanol–water partition coefficient (Wildman–Crippen LogP) is 4.67. The minimum Gasteiger partial charge on any atom is -0.361 e. The molecule has 0 spiro atoms. The summed E-state index contributed by atoms with van der Waals surface area (Å²) < 4.78 is 0. The third kappa shape index (κ3) is 5.01. The molecule has 1 aromatic carbocycles. The number of halogens is 1. The quantitative estimate of drug-likeness (QED) is 0.272. The van der Waals surface area contributed by atoms with Crippen molar-refractivity contribution in [2.45, 2.75) is 26.2 Å². The number of H-pyrrole nitrogens is 1. The highest BCUT2D eigenvalue weighted by Gasteiger charge is 2.08. The smallest absolute Gasteiger partial charge is 0.191 e. The van der Waals surface area contributed by atoms with Crippen molar-refractivity contribution in [1.82, 2.24) is 15.6 Å². The van der Waals surface area contributed by atoms with Crippen molar-refractivity contribution in [3.8, 4) is 0 Å². The van der Waals surface area contributed by atoms with E-state index in [0.717, 1.165) is 25.5 Å². The molecule has 3 aromatic rings. The number of thiophene rings is 1. The fraction of sp³-hybridized carbons (Fsp3) is 0.350. The summed E-state index contributed by atoms with van der Waals surface area (Å²) in [6.07, 6.45) is 3.08. The highest BCUT2D eigenvalue weighted by atomic mass is 127. The molecule has 2 heterocycles. The van der Waals surface area contributed by atoms with E-state index in [0.29, 0.717) is 5.92 Å². The average molecular weight is 482 g/mol. The maximum Gasteiger partial charge on any atom is 0.191 e. The van der Waals surface area contributed by atoms with Gasteiger partial charge in [0.15, 0.2) is 5.96 Å². The summed E-state index contributed by atoms with van der Waals surface area (Å²) in [6, 6.07) is 8.63. The minimum absolute atomic E-state index is 0. The summed E-state index contributed by atoms with van der Waals surface area (Å²) in [5.41, 5.74) is 5.25. The molecule has 26 heavy (non-hydrogen) atoms. The first-order valence-corrected chi connectivity index (χ1v) is 9.65. The van der Waals surface area contributed by atoms with Crippen LogP contribution in [0.15, 0.2) is 46.2 Å². The number of hydrogen-bond acceptors (Lipinski definition) is 2. The molecule has 3 N–H and O–H groups in total. The predicted molar refractivity (Wildman–Crippen MR) is 124 cm³/mol. The highest BCUT2D eigenvalue weighted by Crippen LogP contribution is 2.21. The van der Waals surface area contributed by atoms with E-state index in [1.165, 1.54) is 27.6 Å². The average Bonchev–Trinajstić information content (AvgIpc) is 3.28. The Bertz CT molecular complexity index is 839. The molecule has 0 fully saturated rings. The van der Waals surface area contributed by atoms with Gasteiger partial charge in [-0.3, -0.25) is 4.99 Å². The van der Waals surface area contributed by atoms with E-state index in [9.17, 15) is 0 Å². The van der Waals surface area contributed by atoms with Crippen molar-refractivity contribution in [2.75, 3.05) is 20.1 Å². The zero-order valence-electron chi connectivity index (χ0n) is 15.5. The molecule has 1 atom stereocenters. The third-order valence-electron chi connectivity index (χ3n) is 4.61. The Morgan fingerprint density at radius 1 is 1.27 bits per heavy atom. The Labute approximate surface area is 176 Å². The number of fused-ring (bicyclic) bond motifs is 1. The standard InChI is InChI=1S/C20H26N4S.HI/c1-14-5-4-6-18-16(12-23-19(14)18)7-9-22-20(21-3)24-11-15(2)17-8-10-25-13-17;/h4-6,8,10,12-13,15,23H,7,9,11H2,1-3H3,(H2,21,22,24);1H. The molecule has 6 heteroatoms. The van der Waals surface area contributed by atoms with E-state index in [-0.39, 0.29) is 24.0 Å². The molecule has 3 rings (SSSR count). The van der Waals surface area contributed by atoms with Crippen LogP contribution in [0.5, 0.6) is 0 Å². The van der Waals surface area contributed by atoms with Crippen molar-refractivity contribution in [1.29, 1.82) is 0 Å². The van der Waals surface area contributed by atoms with Crippen molar-refractivity contribution in [3.05, 3.63) is 57.9 Å². The van der Waals surface area contributed by atoms with Gasteiger partial charge in [0, 0.05) is 37.2 Å². The van der Waals surface area contributed by atoms with Crippen LogP contribution in [0.3, 0.4) is 0 Å². The van der Waals surface area contributed by atoms with Crippen LogP contribution >= 0.6 is 35.3 Å². The Morgan fingerprint density at radius 3 is 2.85 bits per heavy atom. The maximum absolute atomic E-state index is 4.33. The first kappa shape index (κ1) is 20.8. The summed E-state index contributed by atoms with van der Waals surface area (Å²) in [6.45, 7) is 6.11. The Balaban J connectivity index is 0.00000243. The van der Waals surface area contributed by atoms with Gasteiger partial charge in [0.05, 0.1) is 0 Å². The van der Waals surface area contributed by atoms with Crippen molar-refractivity contribution in [3.63, 3.8) is 0 Å². The first-order chi connectivity index (χ1) is 12.2. The fourth-order valence-electron chi connectivity index (χ4n) is 3.03. The van der Waals surface area contributed by atoms with Gasteiger partial charge in [0.1, 0.15) is 0 Å². The van der Waals surface area contributed by atoms with Crippen LogP contribution in [0.2, 0.25) is 0 Å². The molecular formula is C20H27IN4S. The zero-order valence-corrected chi connectivity index (χ0v) is 18.7. The second-order valence-corrected chi connectivity index (χ2v) is 7.18. The largest absolute Gasteiger partial charge is 0.361 e. The lowest BCUT2D eigenvalue weighted by atomic mass is 10.1. The second kappa shape index (κ2) is 9.97. The topological polar surface area (TPSA) is 52.2 Å². The first-order valence-electron chi connectivity index (χ1n) is 8.71. The molecule has 0 amide bonds. The van der Waals surface area contributed by atoms with Crippen LogP contribution < -0.4 is 10.6 Å². The summed E-state index contributed by atoms with van der Waals surface area (Å²) in [5, 5.41) is 12.5. The molecule has 0 bridgehead atoms. The number of benzene rings is 1. The molecular weight excluding hydrogens is 455 g/mol. The Hall–Kier alpha value is -1.54. The van der Waals surface area contributed by atoms with E-state index in [1.54, 1.807) is 11.3 Å². The van der Waals surface area contributed by atoms with Crippen molar-refractivity contribution in [2.24, 2.45) is 4.99 Å². The lowest BCUT2D eigenvalue weighted by Gasteiger charge is -2.15.